The van der Waals surface area contributed by atoms with E-state index in [0.29, 0.717) is 37.9 Å². The van der Waals surface area contributed by atoms with Crippen LogP contribution in [-0.4, -0.2) is 40.6 Å². The number of H-pyrrole nitrogens is 1. The van der Waals surface area contributed by atoms with Crippen LogP contribution in [0.2, 0.25) is 0 Å². The third-order valence-electron chi connectivity index (χ3n) is 6.39. The van der Waals surface area contributed by atoms with Crippen LogP contribution in [0.25, 0.3) is 10.9 Å². The van der Waals surface area contributed by atoms with Crippen LogP contribution in [0.4, 0.5) is 18.0 Å². The van der Waals surface area contributed by atoms with Crippen molar-refractivity contribution in [2.75, 3.05) is 13.1 Å². The highest BCUT2D eigenvalue weighted by molar-refractivity contribution is 5.86. The van der Waals surface area contributed by atoms with Gasteiger partial charge in [-0.3, -0.25) is 4.79 Å². The molecule has 6 nitrogen and oxygen atoms in total. The molecule has 0 saturated carbocycles. The van der Waals surface area contributed by atoms with Gasteiger partial charge >= 0.3 is 12.3 Å². The Kier molecular flexibility index (Phi) is 7.52. The lowest BCUT2D eigenvalue weighted by Gasteiger charge is -2.36. The third-order valence-corrected chi connectivity index (χ3v) is 6.39. The number of aromatic amines is 1. The van der Waals surface area contributed by atoms with Gasteiger partial charge < -0.3 is 19.9 Å². The highest BCUT2D eigenvalue weighted by atomic mass is 19.4. The Morgan fingerprint density at radius 1 is 1.05 bits per heavy atom. The van der Waals surface area contributed by atoms with Crippen LogP contribution in [0, 0.1) is 0 Å². The number of nitrogens with zero attached hydrogens (tertiary/aromatic N) is 1. The zero-order valence-electron chi connectivity index (χ0n) is 21.2. The molecule has 1 unspecified atom stereocenters. The van der Waals surface area contributed by atoms with Gasteiger partial charge in [0.25, 0.3) is 0 Å². The minimum Gasteiger partial charge on any atom is -0.444 e. The summed E-state index contributed by atoms with van der Waals surface area (Å²) in [6.45, 7) is 6.22. The molecule has 0 fully saturated rings. The summed E-state index contributed by atoms with van der Waals surface area (Å²) in [5.74, 6) is -0.0773. The minimum atomic E-state index is -4.43. The number of alkyl carbamates (subject to hydrolysis) is 1. The summed E-state index contributed by atoms with van der Waals surface area (Å²) in [7, 11) is 0. The Balaban J connectivity index is 1.50. The van der Waals surface area contributed by atoms with Gasteiger partial charge in [0, 0.05) is 36.1 Å². The fourth-order valence-electron chi connectivity index (χ4n) is 4.76. The molecule has 2 aromatic carbocycles. The summed E-state index contributed by atoms with van der Waals surface area (Å²) in [4.78, 5) is 30.3. The van der Waals surface area contributed by atoms with Crippen molar-refractivity contribution < 1.29 is 27.5 Å². The van der Waals surface area contributed by atoms with E-state index in [0.717, 1.165) is 34.3 Å². The first-order valence-electron chi connectivity index (χ1n) is 12.5. The summed E-state index contributed by atoms with van der Waals surface area (Å²) >= 11 is 0. The van der Waals surface area contributed by atoms with Gasteiger partial charge in [0.05, 0.1) is 11.6 Å². The Bertz CT molecular complexity index is 1260. The average Bonchev–Trinajstić information content (AvgIpc) is 3.20. The van der Waals surface area contributed by atoms with Gasteiger partial charge in [0.15, 0.2) is 0 Å². The van der Waals surface area contributed by atoms with Gasteiger partial charge in [-0.1, -0.05) is 30.3 Å². The minimum absolute atomic E-state index is 0.0773. The fourth-order valence-corrected chi connectivity index (χ4v) is 4.76. The predicted molar refractivity (Wildman–Crippen MR) is 135 cm³/mol. The van der Waals surface area contributed by atoms with Gasteiger partial charge in [-0.15, -0.1) is 0 Å². The van der Waals surface area contributed by atoms with E-state index in [4.69, 9.17) is 4.74 Å². The number of unbranched alkanes of at least 4 members (excludes halogenated alkanes) is 1. The lowest BCUT2D eigenvalue weighted by atomic mass is 9.91. The second-order valence-corrected chi connectivity index (χ2v) is 10.3. The smallest absolute Gasteiger partial charge is 0.416 e. The van der Waals surface area contributed by atoms with Crippen molar-refractivity contribution >= 4 is 22.9 Å². The summed E-state index contributed by atoms with van der Waals surface area (Å²) in [6, 6.07) is 12.4. The van der Waals surface area contributed by atoms with Gasteiger partial charge in [0.1, 0.15) is 5.60 Å². The zero-order chi connectivity index (χ0) is 26.8. The maximum atomic E-state index is 13.3. The van der Waals surface area contributed by atoms with Crippen LogP contribution in [0.15, 0.2) is 48.5 Å². The lowest BCUT2D eigenvalue weighted by molar-refractivity contribution is -0.137. The number of nitrogens with one attached hydrogen (secondary N) is 2. The van der Waals surface area contributed by atoms with Crippen molar-refractivity contribution in [2.45, 2.75) is 64.3 Å². The Morgan fingerprint density at radius 2 is 1.76 bits per heavy atom. The molecule has 0 saturated heterocycles. The van der Waals surface area contributed by atoms with E-state index < -0.39 is 29.5 Å². The Morgan fingerprint density at radius 3 is 2.43 bits per heavy atom. The zero-order valence-corrected chi connectivity index (χ0v) is 21.2. The molecule has 2 N–H and O–H groups in total. The molecular formula is C28H32F3N3O3. The van der Waals surface area contributed by atoms with Crippen LogP contribution in [0.1, 0.15) is 68.5 Å². The maximum Gasteiger partial charge on any atom is 0.416 e. The lowest BCUT2D eigenvalue weighted by Crippen LogP contribution is -2.40. The van der Waals surface area contributed by atoms with E-state index in [-0.39, 0.29) is 12.3 Å². The summed E-state index contributed by atoms with van der Waals surface area (Å²) < 4.78 is 44.7. The second kappa shape index (κ2) is 10.5. The third kappa shape index (κ3) is 6.26. The largest absolute Gasteiger partial charge is 0.444 e. The molecule has 0 radical (unpaired) electrons. The van der Waals surface area contributed by atoms with Crippen molar-refractivity contribution in [3.05, 3.63) is 70.9 Å². The van der Waals surface area contributed by atoms with Gasteiger partial charge in [-0.2, -0.15) is 13.2 Å². The number of rotatable bonds is 6. The normalized spacial score (nSPS) is 15.9. The quantitative estimate of drug-likeness (QED) is 0.376. The number of carbonyl (C=O) groups excluding carboxylic acids is 2. The molecule has 1 atom stereocenters. The molecule has 3 aromatic rings. The second-order valence-electron chi connectivity index (χ2n) is 10.3. The van der Waals surface area contributed by atoms with E-state index in [2.05, 4.69) is 10.3 Å². The number of hydrogen-bond donors (Lipinski definition) is 2. The molecule has 37 heavy (non-hydrogen) atoms. The predicted octanol–water partition coefficient (Wildman–Crippen LogP) is 6.36. The highest BCUT2D eigenvalue weighted by Crippen LogP contribution is 2.39. The number of hydrogen-bond acceptors (Lipinski definition) is 3. The molecule has 1 aliphatic heterocycles. The van der Waals surface area contributed by atoms with Crippen molar-refractivity contribution in [3.63, 3.8) is 0 Å². The van der Waals surface area contributed by atoms with Crippen molar-refractivity contribution in [2.24, 2.45) is 0 Å². The summed E-state index contributed by atoms with van der Waals surface area (Å²) in [6.07, 6.45) is -2.85. The molecule has 2 heterocycles. The monoisotopic (exact) mass is 515 g/mol. The molecule has 2 amide bonds. The Labute approximate surface area is 214 Å². The van der Waals surface area contributed by atoms with Crippen LogP contribution in [0.3, 0.4) is 0 Å². The molecular weight excluding hydrogens is 483 g/mol. The van der Waals surface area contributed by atoms with Gasteiger partial charge in [-0.25, -0.2) is 4.79 Å². The average molecular weight is 516 g/mol. The highest BCUT2D eigenvalue weighted by Gasteiger charge is 2.35. The van der Waals surface area contributed by atoms with Gasteiger partial charge in [-0.05, 0) is 69.4 Å². The van der Waals surface area contributed by atoms with Crippen LogP contribution in [-0.2, 0) is 22.1 Å². The number of aromatic nitrogens is 1. The maximum absolute atomic E-state index is 13.3. The number of halogens is 3. The van der Waals surface area contributed by atoms with Crippen molar-refractivity contribution in [3.8, 4) is 0 Å². The number of amides is 2. The van der Waals surface area contributed by atoms with Crippen LogP contribution in [0.5, 0.6) is 0 Å². The first kappa shape index (κ1) is 26.6. The van der Waals surface area contributed by atoms with Gasteiger partial charge in [0.2, 0.25) is 5.91 Å². The number of alkyl halides is 3. The van der Waals surface area contributed by atoms with E-state index in [1.807, 2.05) is 24.3 Å². The molecule has 9 heteroatoms. The SMILES string of the molecule is CC(C)(C)OC(=O)NCCCCC(=O)N1CCc2c([nH]c3ccccc23)C1c1ccc(C(F)(F)F)cc1. The fraction of sp³-hybridized carbons (Fsp3) is 0.429. The topological polar surface area (TPSA) is 74.4 Å². The van der Waals surface area contributed by atoms with Crippen molar-refractivity contribution in [1.82, 2.24) is 15.2 Å². The first-order chi connectivity index (χ1) is 17.4. The first-order valence-corrected chi connectivity index (χ1v) is 12.5. The number of para-hydroxylation sites is 1. The molecule has 0 spiro atoms. The van der Waals surface area contributed by atoms with E-state index in [1.165, 1.54) is 12.1 Å². The number of fused-ring (bicyclic) bond motifs is 3. The summed E-state index contributed by atoms with van der Waals surface area (Å²) in [5.41, 5.74) is 2.19. The molecule has 1 aromatic heterocycles. The number of ether oxygens (including phenoxy) is 1. The van der Waals surface area contributed by atoms with E-state index >= 15 is 0 Å². The Hall–Kier alpha value is -3.49. The molecule has 0 aliphatic carbocycles. The molecule has 198 valence electrons. The molecule has 0 bridgehead atoms. The van der Waals surface area contributed by atoms with Crippen LogP contribution < -0.4 is 5.32 Å². The summed E-state index contributed by atoms with van der Waals surface area (Å²) in [5, 5.41) is 3.75. The van der Waals surface area contributed by atoms with E-state index in [9.17, 15) is 22.8 Å². The van der Waals surface area contributed by atoms with Crippen molar-refractivity contribution in [1.29, 1.82) is 0 Å². The van der Waals surface area contributed by atoms with E-state index in [1.54, 1.807) is 25.7 Å². The van der Waals surface area contributed by atoms with Crippen LogP contribution >= 0.6 is 0 Å². The standard InChI is InChI=1S/C28H32F3N3O3/c1-27(2,3)37-26(36)32-16-7-6-10-23(35)34-17-15-21-20-8-4-5-9-22(20)33-24(21)25(34)18-11-13-19(14-12-18)28(29,30)31/h4-5,8-9,11-14,25,33H,6-7,10,15-17H2,1-3H3,(H,32,36). The molecule has 4 rings (SSSR count). The number of carbonyl (C=O) groups is 2. The molecule has 1 aliphatic rings. The number of benzene rings is 2.